The summed E-state index contributed by atoms with van der Waals surface area (Å²) in [4.78, 5) is 0. The lowest BCUT2D eigenvalue weighted by molar-refractivity contribution is 0.0630. The maximum Gasteiger partial charge on any atom is 0.407 e. The fraction of sp³-hybridized carbons (Fsp3) is 0.538. The topological polar surface area (TPSA) is 18.5 Å². The fourth-order valence-electron chi connectivity index (χ4n) is 3.97. The van der Waals surface area contributed by atoms with Gasteiger partial charge in [-0.2, -0.15) is 0 Å². The van der Waals surface area contributed by atoms with Crippen LogP contribution >= 0.6 is 0 Å². The van der Waals surface area contributed by atoms with Crippen LogP contribution in [-0.2, 0) is 8.85 Å². The van der Waals surface area contributed by atoms with Gasteiger partial charge in [0.1, 0.15) is 0 Å². The summed E-state index contributed by atoms with van der Waals surface area (Å²) in [5.74, 6) is 0.866. The van der Waals surface area contributed by atoms with Crippen molar-refractivity contribution in [2.75, 3.05) is 6.61 Å². The van der Waals surface area contributed by atoms with E-state index in [0.717, 1.165) is 13.0 Å². The molecule has 0 spiro atoms. The summed E-state index contributed by atoms with van der Waals surface area (Å²) in [6.45, 7) is 12.0. The van der Waals surface area contributed by atoms with Gasteiger partial charge in [0.2, 0.25) is 0 Å². The van der Waals surface area contributed by atoms with E-state index in [1.54, 1.807) is 0 Å². The van der Waals surface area contributed by atoms with Gasteiger partial charge in [-0.05, 0) is 28.6 Å². The maximum atomic E-state index is 7.08. The highest BCUT2D eigenvalue weighted by molar-refractivity contribution is 6.92. The fourth-order valence-corrected chi connectivity index (χ4v) is 7.60. The van der Waals surface area contributed by atoms with E-state index < -0.39 is 8.56 Å². The lowest BCUT2D eigenvalue weighted by atomic mass is 9.97. The van der Waals surface area contributed by atoms with Crippen LogP contribution in [0.1, 0.15) is 66.7 Å². The van der Waals surface area contributed by atoms with E-state index >= 15 is 0 Å². The maximum absolute atomic E-state index is 7.08. The molecular weight excluding hydrogens is 372 g/mol. The normalized spacial score (nSPS) is 12.3. The van der Waals surface area contributed by atoms with Gasteiger partial charge in [0, 0.05) is 6.61 Å². The first kappa shape index (κ1) is 23.9. The predicted molar refractivity (Wildman–Crippen MR) is 127 cm³/mol. The summed E-state index contributed by atoms with van der Waals surface area (Å²) in [5, 5.41) is 2.40. The lowest BCUT2D eigenvalue weighted by Gasteiger charge is -2.38. The Bertz CT molecular complexity index is 622. The molecule has 2 aromatic carbocycles. The van der Waals surface area contributed by atoms with Gasteiger partial charge in [-0.25, -0.2) is 0 Å². The van der Waals surface area contributed by atoms with Gasteiger partial charge >= 0.3 is 8.56 Å². The Kier molecular flexibility index (Phi) is 10.1. The molecule has 2 rings (SSSR count). The molecule has 0 atom stereocenters. The van der Waals surface area contributed by atoms with E-state index in [0.29, 0.717) is 11.8 Å². The Hall–Kier alpha value is -1.42. The Morgan fingerprint density at radius 2 is 1.17 bits per heavy atom. The van der Waals surface area contributed by atoms with E-state index in [9.17, 15) is 0 Å². The number of rotatable bonds is 13. The largest absolute Gasteiger partial charge is 0.407 e. The molecule has 0 unspecified atom stereocenters. The van der Waals surface area contributed by atoms with Crippen molar-refractivity contribution in [1.29, 1.82) is 0 Å². The van der Waals surface area contributed by atoms with Crippen molar-refractivity contribution in [1.82, 2.24) is 0 Å². The molecule has 160 valence electrons. The van der Waals surface area contributed by atoms with Gasteiger partial charge in [-0.1, -0.05) is 121 Å². The van der Waals surface area contributed by atoms with Crippen molar-refractivity contribution in [2.45, 2.75) is 72.8 Å². The Balaban J connectivity index is 2.39. The molecule has 0 saturated carbocycles. The quantitative estimate of drug-likeness (QED) is 0.300. The molecule has 0 aliphatic carbocycles. The Morgan fingerprint density at radius 3 is 1.62 bits per heavy atom. The minimum absolute atomic E-state index is 0.155. The molecule has 0 amide bonds. The molecule has 0 saturated heterocycles. The molecule has 29 heavy (non-hydrogen) atoms. The van der Waals surface area contributed by atoms with Crippen molar-refractivity contribution in [3.05, 3.63) is 60.7 Å². The average Bonchev–Trinajstić information content (AvgIpc) is 2.73. The van der Waals surface area contributed by atoms with E-state index in [1.807, 2.05) is 0 Å². The molecule has 0 aliphatic heterocycles. The highest BCUT2D eigenvalue weighted by atomic mass is 28.4. The molecular formula is C26H40O2Si. The molecule has 2 nitrogen and oxygen atoms in total. The highest BCUT2D eigenvalue weighted by Gasteiger charge is 2.45. The Morgan fingerprint density at radius 1 is 0.690 bits per heavy atom. The molecule has 2 aromatic rings. The summed E-state index contributed by atoms with van der Waals surface area (Å²) >= 11 is 0. The summed E-state index contributed by atoms with van der Waals surface area (Å²) in [6.07, 6.45) is 6.32. The molecule has 0 fully saturated rings. The first-order valence-electron chi connectivity index (χ1n) is 11.4. The standard InChI is InChI=1S/C26H40O2Si/c1-6-7-8-9-16-21-27-29(24-17-12-10-13-18-24,25-19-14-11-15-20-25)28-26(22(2)3)23(4)5/h10-15,17-20,22-23,26H,6-9,16,21H2,1-5H3. The second kappa shape index (κ2) is 12.3. The summed E-state index contributed by atoms with van der Waals surface area (Å²) < 4.78 is 13.9. The summed E-state index contributed by atoms with van der Waals surface area (Å²) in [5.41, 5.74) is 0. The molecule has 3 heteroatoms. The van der Waals surface area contributed by atoms with Gasteiger partial charge in [0.05, 0.1) is 6.10 Å². The highest BCUT2D eigenvalue weighted by Crippen LogP contribution is 2.23. The smallest absolute Gasteiger partial charge is 0.388 e. The van der Waals surface area contributed by atoms with E-state index in [4.69, 9.17) is 8.85 Å². The second-order valence-corrected chi connectivity index (χ2v) is 11.6. The van der Waals surface area contributed by atoms with Crippen LogP contribution in [0.3, 0.4) is 0 Å². The van der Waals surface area contributed by atoms with Gasteiger partial charge in [-0.3, -0.25) is 0 Å². The minimum atomic E-state index is -2.80. The first-order valence-corrected chi connectivity index (χ1v) is 13.3. The van der Waals surface area contributed by atoms with Crippen LogP contribution < -0.4 is 10.4 Å². The third-order valence-corrected chi connectivity index (χ3v) is 8.88. The van der Waals surface area contributed by atoms with Crippen LogP contribution in [0.2, 0.25) is 0 Å². The van der Waals surface area contributed by atoms with Gasteiger partial charge < -0.3 is 8.85 Å². The van der Waals surface area contributed by atoms with Crippen LogP contribution in [-0.4, -0.2) is 21.3 Å². The van der Waals surface area contributed by atoms with Gasteiger partial charge in [0.15, 0.2) is 0 Å². The van der Waals surface area contributed by atoms with E-state index in [1.165, 1.54) is 36.1 Å². The van der Waals surface area contributed by atoms with Crippen molar-refractivity contribution < 1.29 is 8.85 Å². The summed E-state index contributed by atoms with van der Waals surface area (Å²) in [7, 11) is -2.80. The van der Waals surface area contributed by atoms with Crippen molar-refractivity contribution in [3.63, 3.8) is 0 Å². The third-order valence-electron chi connectivity index (χ3n) is 5.48. The van der Waals surface area contributed by atoms with Crippen molar-refractivity contribution in [2.24, 2.45) is 11.8 Å². The third kappa shape index (κ3) is 6.80. The molecule has 0 aliphatic rings. The molecule has 0 radical (unpaired) electrons. The van der Waals surface area contributed by atoms with Crippen LogP contribution in [0.25, 0.3) is 0 Å². The molecule has 0 N–H and O–H groups in total. The predicted octanol–water partition coefficient (Wildman–Crippen LogP) is 5.93. The average molecular weight is 413 g/mol. The van der Waals surface area contributed by atoms with Crippen molar-refractivity contribution >= 4 is 18.9 Å². The van der Waals surface area contributed by atoms with Crippen LogP contribution in [0.5, 0.6) is 0 Å². The van der Waals surface area contributed by atoms with Crippen LogP contribution in [0.15, 0.2) is 60.7 Å². The van der Waals surface area contributed by atoms with Crippen LogP contribution in [0.4, 0.5) is 0 Å². The van der Waals surface area contributed by atoms with Crippen LogP contribution in [0, 0.1) is 11.8 Å². The molecule has 0 aromatic heterocycles. The number of unbranched alkanes of at least 4 members (excludes halogenated alkanes) is 4. The Labute approximate surface area is 179 Å². The monoisotopic (exact) mass is 412 g/mol. The number of hydrogen-bond acceptors (Lipinski definition) is 2. The van der Waals surface area contributed by atoms with E-state index in [-0.39, 0.29) is 6.10 Å². The zero-order valence-electron chi connectivity index (χ0n) is 19.1. The SMILES string of the molecule is CCCCCCCO[Si](OC(C(C)C)C(C)C)(c1ccccc1)c1ccccc1. The van der Waals surface area contributed by atoms with E-state index in [2.05, 4.69) is 95.3 Å². The van der Waals surface area contributed by atoms with Crippen molar-refractivity contribution in [3.8, 4) is 0 Å². The second-order valence-electron chi connectivity index (χ2n) is 8.68. The number of benzene rings is 2. The van der Waals surface area contributed by atoms with Gasteiger partial charge in [0.25, 0.3) is 0 Å². The zero-order chi connectivity index (χ0) is 21.1. The molecule has 0 bridgehead atoms. The summed E-state index contributed by atoms with van der Waals surface area (Å²) in [6, 6.07) is 21.3. The first-order chi connectivity index (χ1) is 14.0. The zero-order valence-corrected chi connectivity index (χ0v) is 20.1. The molecule has 0 heterocycles. The lowest BCUT2D eigenvalue weighted by Crippen LogP contribution is -2.65. The number of hydrogen-bond donors (Lipinski definition) is 0. The van der Waals surface area contributed by atoms with Gasteiger partial charge in [-0.15, -0.1) is 0 Å². The minimum Gasteiger partial charge on any atom is -0.388 e.